The van der Waals surface area contributed by atoms with Crippen LogP contribution in [0.5, 0.6) is 5.75 Å². The lowest BCUT2D eigenvalue weighted by atomic mass is 10.00. The molecule has 0 radical (unpaired) electrons. The number of fused-ring (bicyclic) bond motifs is 1. The van der Waals surface area contributed by atoms with Gasteiger partial charge >= 0.3 is 0 Å². The van der Waals surface area contributed by atoms with Crippen LogP contribution in [-0.2, 0) is 26.1 Å². The second kappa shape index (κ2) is 7.01. The largest absolute Gasteiger partial charge is 0.503 e. The summed E-state index contributed by atoms with van der Waals surface area (Å²) in [5, 5.41) is 9.71. The third-order valence-electron chi connectivity index (χ3n) is 4.55. The van der Waals surface area contributed by atoms with Crippen LogP contribution in [0.1, 0.15) is 36.6 Å². The van der Waals surface area contributed by atoms with E-state index in [-0.39, 0.29) is 11.2 Å². The van der Waals surface area contributed by atoms with Gasteiger partial charge in [0.2, 0.25) is 5.43 Å². The fraction of sp³-hybridized carbons (Fsp3) is 0.421. The second-order valence-electron chi connectivity index (χ2n) is 6.29. The molecule has 2 aromatic rings. The number of nitrogens with zero attached hydrogens (tertiary/aromatic N) is 2. The molecule has 1 aliphatic heterocycles. The van der Waals surface area contributed by atoms with Crippen molar-refractivity contribution in [2.75, 3.05) is 6.54 Å². The smallest absolute Gasteiger partial charge is 0.223 e. The van der Waals surface area contributed by atoms with Gasteiger partial charge in [0.1, 0.15) is 0 Å². The molecule has 4 nitrogen and oxygen atoms in total. The molecule has 0 saturated heterocycles. The average molecular weight is 312 g/mol. The van der Waals surface area contributed by atoms with E-state index >= 15 is 0 Å². The number of aryl methyl sites for hydroxylation is 1. The summed E-state index contributed by atoms with van der Waals surface area (Å²) >= 11 is 0. The van der Waals surface area contributed by atoms with Crippen molar-refractivity contribution >= 4 is 0 Å². The van der Waals surface area contributed by atoms with Gasteiger partial charge in [-0.15, -0.1) is 0 Å². The summed E-state index contributed by atoms with van der Waals surface area (Å²) in [7, 11) is 0. The van der Waals surface area contributed by atoms with E-state index in [0.29, 0.717) is 0 Å². The number of aromatic nitrogens is 1. The van der Waals surface area contributed by atoms with Crippen LogP contribution in [0.2, 0.25) is 0 Å². The molecule has 0 fully saturated rings. The first-order valence-corrected chi connectivity index (χ1v) is 8.39. The summed E-state index contributed by atoms with van der Waals surface area (Å²) in [6.45, 7) is 5.64. The Balaban J connectivity index is 1.80. The highest BCUT2D eigenvalue weighted by atomic mass is 16.3. The van der Waals surface area contributed by atoms with Crippen LogP contribution in [0.15, 0.2) is 41.3 Å². The SMILES string of the molecule is CCCCn1cc(O)c(=O)cc1CN1CCc2ccccc2C1. The van der Waals surface area contributed by atoms with Crippen LogP contribution in [-0.4, -0.2) is 21.1 Å². The minimum absolute atomic E-state index is 0.158. The first kappa shape index (κ1) is 15.8. The van der Waals surface area contributed by atoms with Gasteiger partial charge in [-0.2, -0.15) is 0 Å². The minimum Gasteiger partial charge on any atom is -0.503 e. The van der Waals surface area contributed by atoms with Gasteiger partial charge in [0, 0.05) is 37.9 Å². The fourth-order valence-corrected chi connectivity index (χ4v) is 3.19. The molecule has 0 aliphatic carbocycles. The molecule has 3 rings (SSSR count). The molecule has 0 atom stereocenters. The second-order valence-corrected chi connectivity index (χ2v) is 6.29. The average Bonchev–Trinajstić information content (AvgIpc) is 2.56. The molecule has 0 saturated carbocycles. The van der Waals surface area contributed by atoms with Crippen LogP contribution >= 0.6 is 0 Å². The van der Waals surface area contributed by atoms with E-state index in [1.54, 1.807) is 12.3 Å². The fourth-order valence-electron chi connectivity index (χ4n) is 3.19. The Bertz CT molecular complexity index is 736. The van der Waals surface area contributed by atoms with E-state index in [4.69, 9.17) is 0 Å². The molecule has 0 unspecified atom stereocenters. The zero-order valence-corrected chi connectivity index (χ0v) is 13.7. The summed E-state index contributed by atoms with van der Waals surface area (Å²) in [4.78, 5) is 14.2. The third kappa shape index (κ3) is 3.64. The van der Waals surface area contributed by atoms with Gasteiger partial charge in [-0.05, 0) is 24.0 Å². The molecule has 1 N–H and O–H groups in total. The highest BCUT2D eigenvalue weighted by Crippen LogP contribution is 2.20. The molecule has 1 aromatic heterocycles. The molecule has 2 heterocycles. The summed E-state index contributed by atoms with van der Waals surface area (Å²) in [5.74, 6) is -0.158. The number of aromatic hydroxyl groups is 1. The molecule has 1 aromatic carbocycles. The Morgan fingerprint density at radius 2 is 2.00 bits per heavy atom. The van der Waals surface area contributed by atoms with Gasteiger partial charge in [0.25, 0.3) is 0 Å². The third-order valence-corrected chi connectivity index (χ3v) is 4.55. The van der Waals surface area contributed by atoms with Crippen LogP contribution in [0, 0.1) is 0 Å². The Morgan fingerprint density at radius 3 is 2.78 bits per heavy atom. The van der Waals surface area contributed by atoms with Crippen molar-refractivity contribution in [1.29, 1.82) is 0 Å². The van der Waals surface area contributed by atoms with Crippen LogP contribution in [0.4, 0.5) is 0 Å². The molecule has 23 heavy (non-hydrogen) atoms. The van der Waals surface area contributed by atoms with E-state index in [2.05, 4.69) is 36.1 Å². The molecule has 0 spiro atoms. The number of rotatable bonds is 5. The van der Waals surface area contributed by atoms with Crippen molar-refractivity contribution in [3.05, 3.63) is 63.6 Å². The molecule has 0 bridgehead atoms. The summed E-state index contributed by atoms with van der Waals surface area (Å²) in [6.07, 6.45) is 4.76. The Hall–Kier alpha value is -2.07. The van der Waals surface area contributed by atoms with Crippen molar-refractivity contribution in [3.63, 3.8) is 0 Å². The van der Waals surface area contributed by atoms with Crippen molar-refractivity contribution < 1.29 is 5.11 Å². The molecule has 1 aliphatic rings. The predicted molar refractivity (Wildman–Crippen MR) is 91.5 cm³/mol. The Morgan fingerprint density at radius 1 is 1.22 bits per heavy atom. The van der Waals surface area contributed by atoms with Gasteiger partial charge in [-0.25, -0.2) is 0 Å². The monoisotopic (exact) mass is 312 g/mol. The Kier molecular flexibility index (Phi) is 4.82. The lowest BCUT2D eigenvalue weighted by Gasteiger charge is -2.29. The van der Waals surface area contributed by atoms with E-state index < -0.39 is 0 Å². The van der Waals surface area contributed by atoms with Crippen LogP contribution < -0.4 is 5.43 Å². The quantitative estimate of drug-likeness (QED) is 0.923. The normalized spacial score (nSPS) is 14.7. The van der Waals surface area contributed by atoms with Crippen LogP contribution in [0.25, 0.3) is 0 Å². The summed E-state index contributed by atoms with van der Waals surface area (Å²) in [6, 6.07) is 10.1. The number of hydrogen-bond donors (Lipinski definition) is 1. The van der Waals surface area contributed by atoms with E-state index in [0.717, 1.165) is 51.1 Å². The predicted octanol–water partition coefficient (Wildman–Crippen LogP) is 2.91. The zero-order valence-electron chi connectivity index (χ0n) is 13.7. The number of pyridine rings is 1. The van der Waals surface area contributed by atoms with Gasteiger partial charge < -0.3 is 9.67 Å². The highest BCUT2D eigenvalue weighted by molar-refractivity contribution is 5.29. The van der Waals surface area contributed by atoms with Crippen molar-refractivity contribution in [1.82, 2.24) is 9.47 Å². The minimum atomic E-state index is -0.287. The first-order valence-electron chi connectivity index (χ1n) is 8.39. The van der Waals surface area contributed by atoms with E-state index in [1.807, 2.05) is 4.57 Å². The van der Waals surface area contributed by atoms with Gasteiger partial charge in [0.05, 0.1) is 6.20 Å². The van der Waals surface area contributed by atoms with Crippen LogP contribution in [0.3, 0.4) is 0 Å². The molecular weight excluding hydrogens is 288 g/mol. The number of hydrogen-bond acceptors (Lipinski definition) is 3. The lowest BCUT2D eigenvalue weighted by molar-refractivity contribution is 0.238. The highest BCUT2D eigenvalue weighted by Gasteiger charge is 2.17. The van der Waals surface area contributed by atoms with E-state index in [9.17, 15) is 9.90 Å². The molecule has 0 amide bonds. The van der Waals surface area contributed by atoms with E-state index in [1.165, 1.54) is 11.1 Å². The zero-order chi connectivity index (χ0) is 16.2. The maximum absolute atomic E-state index is 11.8. The summed E-state index contributed by atoms with van der Waals surface area (Å²) in [5.41, 5.74) is 3.50. The topological polar surface area (TPSA) is 45.5 Å². The van der Waals surface area contributed by atoms with Crippen molar-refractivity contribution in [2.45, 2.75) is 45.8 Å². The maximum atomic E-state index is 11.8. The molecule has 4 heteroatoms. The Labute approximate surface area is 137 Å². The number of benzene rings is 1. The summed E-state index contributed by atoms with van der Waals surface area (Å²) < 4.78 is 2.03. The van der Waals surface area contributed by atoms with Gasteiger partial charge in [0.15, 0.2) is 5.75 Å². The molecular formula is C19H24N2O2. The molecule has 122 valence electrons. The standard InChI is InChI=1S/C19H24N2O2/c1-2-3-9-21-14-19(23)18(22)11-17(21)13-20-10-8-15-6-4-5-7-16(15)12-20/h4-7,11,14,23H,2-3,8-10,12-13H2,1H3. The lowest BCUT2D eigenvalue weighted by Crippen LogP contribution is -2.31. The van der Waals surface area contributed by atoms with Gasteiger partial charge in [-0.1, -0.05) is 37.6 Å². The van der Waals surface area contributed by atoms with Crippen molar-refractivity contribution in [2.24, 2.45) is 0 Å². The maximum Gasteiger partial charge on any atom is 0.223 e. The van der Waals surface area contributed by atoms with Crippen molar-refractivity contribution in [3.8, 4) is 5.75 Å². The number of unbranched alkanes of at least 4 members (excludes halogenated alkanes) is 1. The van der Waals surface area contributed by atoms with Gasteiger partial charge in [-0.3, -0.25) is 9.69 Å². The first-order chi connectivity index (χ1) is 11.2.